The Kier molecular flexibility index (Phi) is 3.88. The number of carbonyl (C=O) groups excluding carboxylic acids is 1. The van der Waals surface area contributed by atoms with E-state index in [-0.39, 0.29) is 12.4 Å². The fourth-order valence-electron chi connectivity index (χ4n) is 1.54. The average Bonchev–Trinajstić information content (AvgIpc) is 2.20. The second kappa shape index (κ2) is 4.84. The van der Waals surface area contributed by atoms with Crippen LogP contribution in [-0.2, 0) is 11.3 Å². The summed E-state index contributed by atoms with van der Waals surface area (Å²) in [7, 11) is 0. The van der Waals surface area contributed by atoms with Crippen LogP contribution in [0.3, 0.4) is 0 Å². The summed E-state index contributed by atoms with van der Waals surface area (Å²) in [6.45, 7) is 6.49. The van der Waals surface area contributed by atoms with E-state index in [1.54, 1.807) is 26.0 Å². The van der Waals surface area contributed by atoms with Crippen LogP contribution in [0.1, 0.15) is 30.5 Å². The van der Waals surface area contributed by atoms with Crippen molar-refractivity contribution in [2.75, 3.05) is 0 Å². The molecule has 0 aliphatic rings. The van der Waals surface area contributed by atoms with Gasteiger partial charge in [0.15, 0.2) is 0 Å². The van der Waals surface area contributed by atoms with Crippen molar-refractivity contribution in [2.24, 2.45) is 0 Å². The van der Waals surface area contributed by atoms with Gasteiger partial charge in [-0.25, -0.2) is 4.39 Å². The quantitative estimate of drug-likeness (QED) is 0.845. The summed E-state index contributed by atoms with van der Waals surface area (Å²) in [5, 5.41) is 12.0. The van der Waals surface area contributed by atoms with E-state index in [0.717, 1.165) is 5.56 Å². The van der Waals surface area contributed by atoms with E-state index < -0.39 is 11.5 Å². The molecule has 0 unspecified atom stereocenters. The Balaban J connectivity index is 2.74. The van der Waals surface area contributed by atoms with Gasteiger partial charge < -0.3 is 10.4 Å². The Morgan fingerprint density at radius 1 is 1.35 bits per heavy atom. The molecule has 2 N–H and O–H groups in total. The van der Waals surface area contributed by atoms with Crippen molar-refractivity contribution in [3.63, 3.8) is 0 Å². The molecule has 1 rings (SSSR count). The molecule has 94 valence electrons. The Labute approximate surface area is 101 Å². The van der Waals surface area contributed by atoms with E-state index in [2.05, 4.69) is 5.32 Å². The van der Waals surface area contributed by atoms with Crippen LogP contribution < -0.4 is 5.32 Å². The van der Waals surface area contributed by atoms with Crippen LogP contribution in [0, 0.1) is 19.7 Å². The SMILES string of the molecule is Cc1cc(CNC(=O)C(C)(C)O)cc(C)c1F. The highest BCUT2D eigenvalue weighted by Gasteiger charge is 2.23. The summed E-state index contributed by atoms with van der Waals surface area (Å²) < 4.78 is 13.4. The minimum atomic E-state index is -1.40. The predicted octanol–water partition coefficient (Wildman–Crippen LogP) is 1.83. The molecule has 0 aliphatic heterocycles. The lowest BCUT2D eigenvalue weighted by atomic mass is 10.1. The van der Waals surface area contributed by atoms with Gasteiger partial charge in [-0.3, -0.25) is 4.79 Å². The van der Waals surface area contributed by atoms with Gasteiger partial charge in [0.25, 0.3) is 5.91 Å². The molecular formula is C13H18FNO2. The number of carbonyl (C=O) groups is 1. The molecule has 0 spiro atoms. The Morgan fingerprint density at radius 3 is 2.24 bits per heavy atom. The number of nitrogens with one attached hydrogen (secondary N) is 1. The summed E-state index contributed by atoms with van der Waals surface area (Å²) in [4.78, 5) is 11.4. The molecule has 1 aromatic rings. The Morgan fingerprint density at radius 2 is 1.82 bits per heavy atom. The zero-order chi connectivity index (χ0) is 13.2. The van der Waals surface area contributed by atoms with Crippen LogP contribution in [0.25, 0.3) is 0 Å². The van der Waals surface area contributed by atoms with Gasteiger partial charge in [0.2, 0.25) is 0 Å². The van der Waals surface area contributed by atoms with E-state index in [0.29, 0.717) is 11.1 Å². The fraction of sp³-hybridized carbons (Fsp3) is 0.462. The van der Waals surface area contributed by atoms with Crippen LogP contribution in [0.4, 0.5) is 4.39 Å². The second-order valence-corrected chi connectivity index (χ2v) is 4.79. The number of amides is 1. The monoisotopic (exact) mass is 239 g/mol. The van der Waals surface area contributed by atoms with Crippen LogP contribution >= 0.6 is 0 Å². The molecule has 0 saturated heterocycles. The van der Waals surface area contributed by atoms with Gasteiger partial charge in [-0.1, -0.05) is 12.1 Å². The van der Waals surface area contributed by atoms with E-state index in [1.807, 2.05) is 0 Å². The van der Waals surface area contributed by atoms with Gasteiger partial charge in [-0.05, 0) is 44.4 Å². The lowest BCUT2D eigenvalue weighted by Gasteiger charge is -2.17. The summed E-state index contributed by atoms with van der Waals surface area (Å²) in [5.74, 6) is -0.667. The third-order valence-corrected chi connectivity index (χ3v) is 2.50. The van der Waals surface area contributed by atoms with Gasteiger partial charge in [0.05, 0.1) is 0 Å². The molecule has 0 saturated carbocycles. The smallest absolute Gasteiger partial charge is 0.251 e. The molecule has 0 aliphatic carbocycles. The molecule has 1 aromatic carbocycles. The number of hydrogen-bond donors (Lipinski definition) is 2. The molecule has 0 radical (unpaired) electrons. The Hall–Kier alpha value is -1.42. The van der Waals surface area contributed by atoms with E-state index in [4.69, 9.17) is 0 Å². The standard InChI is InChI=1S/C13H18FNO2/c1-8-5-10(6-9(2)11(8)14)7-15-12(16)13(3,4)17/h5-6,17H,7H2,1-4H3,(H,15,16). The van der Waals surface area contributed by atoms with Crippen molar-refractivity contribution in [3.05, 3.63) is 34.6 Å². The van der Waals surface area contributed by atoms with E-state index >= 15 is 0 Å². The minimum absolute atomic E-state index is 0.220. The normalized spacial score (nSPS) is 11.4. The topological polar surface area (TPSA) is 49.3 Å². The minimum Gasteiger partial charge on any atom is -0.381 e. The highest BCUT2D eigenvalue weighted by Crippen LogP contribution is 2.14. The largest absolute Gasteiger partial charge is 0.381 e. The highest BCUT2D eigenvalue weighted by molar-refractivity contribution is 5.83. The highest BCUT2D eigenvalue weighted by atomic mass is 19.1. The lowest BCUT2D eigenvalue weighted by Crippen LogP contribution is -2.41. The number of rotatable bonds is 3. The van der Waals surface area contributed by atoms with Gasteiger partial charge in [-0.2, -0.15) is 0 Å². The molecule has 1 amide bonds. The van der Waals surface area contributed by atoms with Gasteiger partial charge in [0.1, 0.15) is 11.4 Å². The van der Waals surface area contributed by atoms with Crippen LogP contribution in [0.15, 0.2) is 12.1 Å². The number of hydrogen-bond acceptors (Lipinski definition) is 2. The van der Waals surface area contributed by atoms with E-state index in [9.17, 15) is 14.3 Å². The van der Waals surface area contributed by atoms with Crippen molar-refractivity contribution in [1.82, 2.24) is 5.32 Å². The molecular weight excluding hydrogens is 221 g/mol. The van der Waals surface area contributed by atoms with E-state index in [1.165, 1.54) is 13.8 Å². The third-order valence-electron chi connectivity index (χ3n) is 2.50. The number of aliphatic hydroxyl groups is 1. The van der Waals surface area contributed by atoms with Crippen molar-refractivity contribution < 1.29 is 14.3 Å². The first kappa shape index (κ1) is 13.6. The van der Waals surface area contributed by atoms with Crippen LogP contribution in [0.2, 0.25) is 0 Å². The zero-order valence-corrected chi connectivity index (χ0v) is 10.6. The maximum Gasteiger partial charge on any atom is 0.251 e. The summed E-state index contributed by atoms with van der Waals surface area (Å²) in [5.41, 5.74) is 0.526. The summed E-state index contributed by atoms with van der Waals surface area (Å²) >= 11 is 0. The zero-order valence-electron chi connectivity index (χ0n) is 10.6. The lowest BCUT2D eigenvalue weighted by molar-refractivity contribution is -0.136. The second-order valence-electron chi connectivity index (χ2n) is 4.79. The molecule has 0 heterocycles. The Bertz CT molecular complexity index is 413. The molecule has 0 fully saturated rings. The first-order valence-electron chi connectivity index (χ1n) is 5.48. The summed E-state index contributed by atoms with van der Waals surface area (Å²) in [6, 6.07) is 3.37. The number of benzene rings is 1. The summed E-state index contributed by atoms with van der Waals surface area (Å²) in [6.07, 6.45) is 0. The molecule has 4 heteroatoms. The predicted molar refractivity (Wildman–Crippen MR) is 64.0 cm³/mol. The molecule has 0 aromatic heterocycles. The number of aryl methyl sites for hydroxylation is 2. The number of halogens is 1. The fourth-order valence-corrected chi connectivity index (χ4v) is 1.54. The molecule has 17 heavy (non-hydrogen) atoms. The maximum absolute atomic E-state index is 13.4. The first-order valence-corrected chi connectivity index (χ1v) is 5.48. The third kappa shape index (κ3) is 3.53. The molecule has 0 bridgehead atoms. The molecule has 3 nitrogen and oxygen atoms in total. The molecule has 0 atom stereocenters. The van der Waals surface area contributed by atoms with Crippen molar-refractivity contribution in [3.8, 4) is 0 Å². The van der Waals surface area contributed by atoms with Crippen molar-refractivity contribution in [1.29, 1.82) is 0 Å². The van der Waals surface area contributed by atoms with Gasteiger partial charge in [-0.15, -0.1) is 0 Å². The first-order chi connectivity index (χ1) is 7.71. The average molecular weight is 239 g/mol. The van der Waals surface area contributed by atoms with Crippen LogP contribution in [-0.4, -0.2) is 16.6 Å². The van der Waals surface area contributed by atoms with Crippen LogP contribution in [0.5, 0.6) is 0 Å². The van der Waals surface area contributed by atoms with Gasteiger partial charge >= 0.3 is 0 Å². The van der Waals surface area contributed by atoms with Gasteiger partial charge in [0, 0.05) is 6.54 Å². The van der Waals surface area contributed by atoms with Crippen molar-refractivity contribution in [2.45, 2.75) is 39.8 Å². The van der Waals surface area contributed by atoms with Crippen molar-refractivity contribution >= 4 is 5.91 Å². The maximum atomic E-state index is 13.4.